The largest absolute Gasteiger partial charge is 0.497 e. The van der Waals surface area contributed by atoms with E-state index in [1.807, 2.05) is 24.3 Å². The molecule has 2 aliphatic rings. The quantitative estimate of drug-likeness (QED) is 0.613. The van der Waals surface area contributed by atoms with Gasteiger partial charge in [-0.2, -0.15) is 0 Å². The molecule has 1 aliphatic carbocycles. The average molecular weight is 406 g/mol. The minimum Gasteiger partial charge on any atom is -0.497 e. The summed E-state index contributed by atoms with van der Waals surface area (Å²) in [7, 11) is 1.60. The summed E-state index contributed by atoms with van der Waals surface area (Å²) in [6.07, 6.45) is 0.964. The van der Waals surface area contributed by atoms with E-state index >= 15 is 0 Å². The molecule has 2 aromatic carbocycles. The fourth-order valence-corrected chi connectivity index (χ4v) is 4.42. The fraction of sp³-hybridized carbons (Fsp3) is 0.304. The number of benzene rings is 2. The Labute approximate surface area is 173 Å². The van der Waals surface area contributed by atoms with E-state index in [1.54, 1.807) is 26.2 Å². The van der Waals surface area contributed by atoms with Gasteiger partial charge in [0, 0.05) is 41.7 Å². The fourth-order valence-electron chi connectivity index (χ4n) is 4.42. The lowest BCUT2D eigenvalue weighted by molar-refractivity contribution is -0.385. The number of rotatable bonds is 4. The van der Waals surface area contributed by atoms with Gasteiger partial charge in [0.15, 0.2) is 5.78 Å². The predicted octanol–water partition coefficient (Wildman–Crippen LogP) is 3.92. The molecule has 1 amide bonds. The Bertz CT molecular complexity index is 1090. The van der Waals surface area contributed by atoms with Gasteiger partial charge in [-0.15, -0.1) is 0 Å². The summed E-state index contributed by atoms with van der Waals surface area (Å²) in [5.41, 5.74) is 3.36. The number of nitrogens with zero attached hydrogens (tertiary/aromatic N) is 1. The monoisotopic (exact) mass is 406 g/mol. The van der Waals surface area contributed by atoms with Crippen LogP contribution >= 0.6 is 0 Å². The number of methoxy groups -OCH3 is 1. The number of amides is 1. The SMILES string of the molecule is COc1cccc(C2CC(=O)C3=C(C2)NC(=O)CC3c2ccc(C)c([N+](=O)[O-])c2)c1. The lowest BCUT2D eigenvalue weighted by Gasteiger charge is -2.34. The second-order valence-corrected chi connectivity index (χ2v) is 7.81. The molecule has 0 radical (unpaired) electrons. The van der Waals surface area contributed by atoms with Crippen molar-refractivity contribution in [2.45, 2.75) is 38.0 Å². The van der Waals surface area contributed by atoms with Crippen LogP contribution in [-0.4, -0.2) is 23.7 Å². The van der Waals surface area contributed by atoms with E-state index in [-0.39, 0.29) is 29.7 Å². The van der Waals surface area contributed by atoms with Crippen LogP contribution in [0.1, 0.15) is 47.8 Å². The van der Waals surface area contributed by atoms with Crippen molar-refractivity contribution in [1.29, 1.82) is 0 Å². The molecule has 4 rings (SSSR count). The minimum absolute atomic E-state index is 0.00172. The summed E-state index contributed by atoms with van der Waals surface area (Å²) in [4.78, 5) is 36.5. The molecule has 0 saturated heterocycles. The number of Topliss-reactive ketones (excluding diaryl/α,β-unsaturated/α-hetero) is 1. The van der Waals surface area contributed by atoms with Crippen LogP contribution in [0.4, 0.5) is 5.69 Å². The molecule has 30 heavy (non-hydrogen) atoms. The van der Waals surface area contributed by atoms with Crippen molar-refractivity contribution in [2.24, 2.45) is 0 Å². The molecular weight excluding hydrogens is 384 g/mol. The van der Waals surface area contributed by atoms with Gasteiger partial charge in [-0.25, -0.2) is 0 Å². The van der Waals surface area contributed by atoms with E-state index in [0.29, 0.717) is 35.2 Å². The van der Waals surface area contributed by atoms with Crippen molar-refractivity contribution in [3.8, 4) is 5.75 Å². The maximum atomic E-state index is 13.2. The van der Waals surface area contributed by atoms with E-state index in [0.717, 1.165) is 11.3 Å². The number of allylic oxidation sites excluding steroid dienone is 2. The molecule has 0 spiro atoms. The Morgan fingerprint density at radius 2 is 1.87 bits per heavy atom. The van der Waals surface area contributed by atoms with Gasteiger partial charge < -0.3 is 10.1 Å². The molecule has 2 unspecified atom stereocenters. The van der Waals surface area contributed by atoms with E-state index in [9.17, 15) is 19.7 Å². The molecule has 0 bridgehead atoms. The molecule has 1 N–H and O–H groups in total. The van der Waals surface area contributed by atoms with Gasteiger partial charge in [0.2, 0.25) is 5.91 Å². The second-order valence-electron chi connectivity index (χ2n) is 7.81. The van der Waals surface area contributed by atoms with Crippen molar-refractivity contribution >= 4 is 17.4 Å². The first-order valence-electron chi connectivity index (χ1n) is 9.82. The predicted molar refractivity (Wildman–Crippen MR) is 110 cm³/mol. The smallest absolute Gasteiger partial charge is 0.272 e. The number of nitro benzene ring substituents is 1. The summed E-state index contributed by atoms with van der Waals surface area (Å²) < 4.78 is 5.29. The van der Waals surface area contributed by atoms with Crippen LogP contribution in [0.2, 0.25) is 0 Å². The Kier molecular flexibility index (Phi) is 5.11. The van der Waals surface area contributed by atoms with Crippen LogP contribution in [-0.2, 0) is 9.59 Å². The number of hydrogen-bond acceptors (Lipinski definition) is 5. The first-order valence-corrected chi connectivity index (χ1v) is 9.82. The zero-order chi connectivity index (χ0) is 21.4. The van der Waals surface area contributed by atoms with E-state index in [1.165, 1.54) is 6.07 Å². The molecule has 1 heterocycles. The van der Waals surface area contributed by atoms with Gasteiger partial charge in [-0.3, -0.25) is 19.7 Å². The first kappa shape index (κ1) is 19.8. The molecular formula is C23H22N2O5. The number of nitro groups is 1. The topological polar surface area (TPSA) is 98.5 Å². The number of nitrogens with one attached hydrogen (secondary N) is 1. The van der Waals surface area contributed by atoms with Crippen molar-refractivity contribution in [1.82, 2.24) is 5.32 Å². The minimum atomic E-state index is -0.466. The summed E-state index contributed by atoms with van der Waals surface area (Å²) in [6.45, 7) is 1.67. The third kappa shape index (κ3) is 3.58. The van der Waals surface area contributed by atoms with Crippen LogP contribution in [0, 0.1) is 17.0 Å². The molecule has 1 aliphatic heterocycles. The molecule has 0 fully saturated rings. The molecule has 7 heteroatoms. The van der Waals surface area contributed by atoms with Crippen molar-refractivity contribution in [2.75, 3.05) is 7.11 Å². The van der Waals surface area contributed by atoms with Crippen LogP contribution in [0.15, 0.2) is 53.7 Å². The maximum Gasteiger partial charge on any atom is 0.272 e. The summed E-state index contributed by atoms with van der Waals surface area (Å²) in [5.74, 6) is -0.0137. The normalized spacial score (nSPS) is 21.1. The van der Waals surface area contributed by atoms with Gasteiger partial charge in [0.25, 0.3) is 5.69 Å². The third-order valence-electron chi connectivity index (χ3n) is 5.93. The molecule has 0 saturated carbocycles. The number of carbonyl (C=O) groups is 2. The molecule has 154 valence electrons. The summed E-state index contributed by atoms with van der Waals surface area (Å²) in [6, 6.07) is 12.5. The molecule has 2 aromatic rings. The number of carbonyl (C=O) groups excluding carboxylic acids is 2. The zero-order valence-corrected chi connectivity index (χ0v) is 16.8. The molecule has 0 aromatic heterocycles. The van der Waals surface area contributed by atoms with Gasteiger partial charge >= 0.3 is 0 Å². The lowest BCUT2D eigenvalue weighted by Crippen LogP contribution is -2.38. The Balaban J connectivity index is 1.72. The molecule has 7 nitrogen and oxygen atoms in total. The summed E-state index contributed by atoms with van der Waals surface area (Å²) in [5, 5.41) is 14.2. The van der Waals surface area contributed by atoms with Gasteiger partial charge in [0.05, 0.1) is 12.0 Å². The Morgan fingerprint density at radius 1 is 1.07 bits per heavy atom. The van der Waals surface area contributed by atoms with Crippen molar-refractivity contribution < 1.29 is 19.2 Å². The molecule has 2 atom stereocenters. The van der Waals surface area contributed by atoms with E-state index < -0.39 is 10.8 Å². The highest BCUT2D eigenvalue weighted by Gasteiger charge is 2.38. The standard InChI is InChI=1S/C23H22N2O5/c1-13-6-7-15(10-20(13)25(28)29)18-12-22(27)24-19-9-16(11-21(26)23(18)19)14-4-3-5-17(8-14)30-2/h3-8,10,16,18H,9,11-12H2,1-2H3,(H,24,27). The van der Waals surface area contributed by atoms with E-state index in [4.69, 9.17) is 4.74 Å². The number of ether oxygens (including phenoxy) is 1. The average Bonchev–Trinajstić information content (AvgIpc) is 2.73. The van der Waals surface area contributed by atoms with Gasteiger partial charge in [-0.1, -0.05) is 24.3 Å². The number of hydrogen-bond donors (Lipinski definition) is 1. The van der Waals surface area contributed by atoms with Crippen molar-refractivity contribution in [3.05, 3.63) is 80.5 Å². The van der Waals surface area contributed by atoms with Crippen LogP contribution in [0.3, 0.4) is 0 Å². The second kappa shape index (κ2) is 7.74. The highest BCUT2D eigenvalue weighted by molar-refractivity contribution is 6.02. The number of aryl methyl sites for hydroxylation is 1. The third-order valence-corrected chi connectivity index (χ3v) is 5.93. The van der Waals surface area contributed by atoms with Crippen LogP contribution in [0.25, 0.3) is 0 Å². The Hall–Kier alpha value is -3.48. The highest BCUT2D eigenvalue weighted by atomic mass is 16.6. The first-order chi connectivity index (χ1) is 14.4. The van der Waals surface area contributed by atoms with Gasteiger partial charge in [0.1, 0.15) is 5.75 Å². The highest BCUT2D eigenvalue weighted by Crippen LogP contribution is 2.43. The van der Waals surface area contributed by atoms with Gasteiger partial charge in [-0.05, 0) is 42.5 Å². The van der Waals surface area contributed by atoms with Crippen LogP contribution in [0.5, 0.6) is 5.75 Å². The lowest BCUT2D eigenvalue weighted by atomic mass is 9.73. The Morgan fingerprint density at radius 3 is 2.60 bits per heavy atom. The summed E-state index contributed by atoms with van der Waals surface area (Å²) >= 11 is 0. The maximum absolute atomic E-state index is 13.2. The zero-order valence-electron chi connectivity index (χ0n) is 16.8. The van der Waals surface area contributed by atoms with E-state index in [2.05, 4.69) is 5.32 Å². The van der Waals surface area contributed by atoms with Crippen molar-refractivity contribution in [3.63, 3.8) is 0 Å². The van der Waals surface area contributed by atoms with Crippen LogP contribution < -0.4 is 10.1 Å². The number of ketones is 1.